The number of carbonyl (C=O) groups excluding carboxylic acids is 2. The van der Waals surface area contributed by atoms with Crippen molar-refractivity contribution in [2.75, 3.05) is 36.4 Å². The van der Waals surface area contributed by atoms with Gasteiger partial charge >= 0.3 is 6.09 Å². The van der Waals surface area contributed by atoms with Crippen molar-refractivity contribution in [3.05, 3.63) is 46.0 Å². The second-order valence-electron chi connectivity index (χ2n) is 13.5. The maximum atomic E-state index is 15.2. The molecule has 3 fully saturated rings. The molecule has 0 aromatic carbocycles. The average Bonchev–Trinajstić information content (AvgIpc) is 3.46. The fraction of sp³-hybridized carbons (Fsp3) is 0.562. The molecule has 1 aliphatic carbocycles. The Kier molecular flexibility index (Phi) is 7.77. The van der Waals surface area contributed by atoms with Crippen LogP contribution in [0, 0.1) is 18.8 Å². The summed E-state index contributed by atoms with van der Waals surface area (Å²) in [7, 11) is 0. The van der Waals surface area contributed by atoms with E-state index in [-0.39, 0.29) is 55.1 Å². The second kappa shape index (κ2) is 11.3. The van der Waals surface area contributed by atoms with Gasteiger partial charge in [-0.05, 0) is 65.2 Å². The number of hydrogen-bond acceptors (Lipinski definition) is 9. The molecule has 3 aromatic rings. The number of piperidine rings is 2. The zero-order chi connectivity index (χ0) is 32.3. The smallest absolute Gasteiger partial charge is 0.410 e. The summed E-state index contributed by atoms with van der Waals surface area (Å²) >= 11 is 0. The van der Waals surface area contributed by atoms with Crippen molar-refractivity contribution in [1.29, 1.82) is 0 Å². The fourth-order valence-corrected chi connectivity index (χ4v) is 6.91. The predicted molar refractivity (Wildman–Crippen MR) is 166 cm³/mol. The molecule has 1 amide bonds. The Morgan fingerprint density at radius 2 is 1.69 bits per heavy atom. The number of Topliss-reactive ketones (excluding diaryl/α,β-unsaturated/α-hetero) is 1. The monoisotopic (exact) mass is 623 g/mol. The molecule has 1 saturated carbocycles. The van der Waals surface area contributed by atoms with Crippen LogP contribution < -0.4 is 15.8 Å². The number of rotatable bonds is 5. The maximum Gasteiger partial charge on any atom is 0.410 e. The quantitative estimate of drug-likeness (QED) is 0.368. The van der Waals surface area contributed by atoms with Crippen molar-refractivity contribution in [1.82, 2.24) is 24.4 Å². The summed E-state index contributed by atoms with van der Waals surface area (Å²) in [6, 6.07) is 3.50. The van der Waals surface area contributed by atoms with Crippen molar-refractivity contribution in [2.24, 2.45) is 11.8 Å². The third kappa shape index (κ3) is 5.84. The Morgan fingerprint density at radius 3 is 2.27 bits per heavy atom. The molecule has 3 aromatic heterocycles. The number of alkyl halides is 2. The zero-order valence-electron chi connectivity index (χ0n) is 26.3. The molecule has 2 unspecified atom stereocenters. The van der Waals surface area contributed by atoms with Crippen LogP contribution in [0.5, 0.6) is 0 Å². The Morgan fingerprint density at radius 1 is 1.02 bits per heavy atom. The van der Waals surface area contributed by atoms with Crippen molar-refractivity contribution in [3.8, 4) is 0 Å². The lowest BCUT2D eigenvalue weighted by Crippen LogP contribution is -2.64. The fourth-order valence-electron chi connectivity index (χ4n) is 6.91. The summed E-state index contributed by atoms with van der Waals surface area (Å²) < 4.78 is 37.4. The molecule has 0 radical (unpaired) electrons. The number of fused-ring (bicyclic) bond motifs is 3. The molecule has 11 nitrogen and oxygen atoms in total. The van der Waals surface area contributed by atoms with Crippen molar-refractivity contribution >= 4 is 40.4 Å². The number of pyridine rings is 2. The van der Waals surface area contributed by atoms with E-state index in [2.05, 4.69) is 15.3 Å². The molecule has 0 spiro atoms. The third-order valence-corrected chi connectivity index (χ3v) is 9.11. The minimum absolute atomic E-state index is 0.0357. The predicted octanol–water partition coefficient (Wildman–Crippen LogP) is 5.49. The highest BCUT2D eigenvalue weighted by molar-refractivity contribution is 5.99. The van der Waals surface area contributed by atoms with E-state index in [0.29, 0.717) is 28.1 Å². The highest BCUT2D eigenvalue weighted by Gasteiger charge is 2.56. The van der Waals surface area contributed by atoms with Crippen LogP contribution in [0.15, 0.2) is 29.3 Å². The first kappa shape index (κ1) is 30.8. The van der Waals surface area contributed by atoms with Crippen LogP contribution in [0.1, 0.15) is 75.3 Å². The number of halogens is 2. The van der Waals surface area contributed by atoms with Crippen molar-refractivity contribution in [2.45, 2.75) is 77.9 Å². The molecule has 2 saturated heterocycles. The largest absolute Gasteiger partial charge is 0.444 e. The molecular formula is C32H39F2N7O4. The number of aromatic nitrogens is 4. The third-order valence-electron chi connectivity index (χ3n) is 9.11. The van der Waals surface area contributed by atoms with Gasteiger partial charge < -0.3 is 19.9 Å². The van der Waals surface area contributed by atoms with E-state index < -0.39 is 29.5 Å². The van der Waals surface area contributed by atoms with Crippen LogP contribution in [-0.4, -0.2) is 74.0 Å². The highest BCUT2D eigenvalue weighted by Crippen LogP contribution is 2.43. The highest BCUT2D eigenvalue weighted by atomic mass is 19.3. The molecule has 2 bridgehead atoms. The van der Waals surface area contributed by atoms with Gasteiger partial charge in [0.1, 0.15) is 17.1 Å². The first-order chi connectivity index (χ1) is 21.2. The molecule has 2 aliphatic heterocycles. The van der Waals surface area contributed by atoms with Gasteiger partial charge in [-0.1, -0.05) is 12.8 Å². The van der Waals surface area contributed by atoms with Crippen LogP contribution in [-0.2, 0) is 4.74 Å². The number of carbonyl (C=O) groups is 2. The molecule has 6 rings (SSSR count). The van der Waals surface area contributed by atoms with E-state index in [9.17, 15) is 14.4 Å². The number of hydrogen-bond donors (Lipinski definition) is 1. The van der Waals surface area contributed by atoms with E-state index in [1.54, 1.807) is 56.8 Å². The molecule has 3 aliphatic rings. The molecule has 5 heterocycles. The van der Waals surface area contributed by atoms with Crippen LogP contribution in [0.25, 0.3) is 11.0 Å². The maximum absolute atomic E-state index is 15.2. The number of likely N-dealkylation sites (tertiary alicyclic amines) is 1. The number of ketones is 1. The van der Waals surface area contributed by atoms with Crippen LogP contribution in [0.3, 0.4) is 0 Å². The van der Waals surface area contributed by atoms with Gasteiger partial charge in [-0.3, -0.25) is 14.2 Å². The Hall–Kier alpha value is -4.16. The molecule has 45 heavy (non-hydrogen) atoms. The summed E-state index contributed by atoms with van der Waals surface area (Å²) in [6.45, 7) is 8.40. The van der Waals surface area contributed by atoms with E-state index in [1.807, 2.05) is 4.90 Å². The normalized spacial score (nSPS) is 21.7. The number of anilines is 3. The van der Waals surface area contributed by atoms with E-state index in [0.717, 1.165) is 25.7 Å². The number of aryl methyl sites for hydroxylation is 1. The van der Waals surface area contributed by atoms with Gasteiger partial charge in [0, 0.05) is 43.8 Å². The number of nitrogens with zero attached hydrogens (tertiary/aromatic N) is 6. The number of amides is 1. The minimum atomic E-state index is -2.89. The van der Waals surface area contributed by atoms with E-state index in [4.69, 9.17) is 9.72 Å². The number of nitrogens with one attached hydrogen (secondary N) is 1. The lowest BCUT2D eigenvalue weighted by atomic mass is 9.80. The molecule has 240 valence electrons. The summed E-state index contributed by atoms with van der Waals surface area (Å²) in [4.78, 5) is 55.4. The summed E-state index contributed by atoms with van der Waals surface area (Å²) in [5.41, 5.74) is 0.886. The topological polar surface area (TPSA) is 123 Å². The summed E-state index contributed by atoms with van der Waals surface area (Å²) in [5, 5.41) is 3.75. The molecule has 13 heteroatoms. The summed E-state index contributed by atoms with van der Waals surface area (Å²) in [5.74, 6) is -4.54. The number of ether oxygens (including phenoxy) is 1. The van der Waals surface area contributed by atoms with Crippen molar-refractivity contribution < 1.29 is 23.1 Å². The van der Waals surface area contributed by atoms with Gasteiger partial charge in [-0.2, -0.15) is 4.98 Å². The van der Waals surface area contributed by atoms with Crippen LogP contribution in [0.4, 0.5) is 31.0 Å². The Balaban J connectivity index is 1.21. The van der Waals surface area contributed by atoms with Gasteiger partial charge in [-0.25, -0.2) is 23.5 Å². The molecular weight excluding hydrogens is 584 g/mol. The first-order valence-electron chi connectivity index (χ1n) is 15.5. The zero-order valence-corrected chi connectivity index (χ0v) is 26.3. The average molecular weight is 624 g/mol. The van der Waals surface area contributed by atoms with Crippen LogP contribution in [0.2, 0.25) is 0 Å². The lowest BCUT2D eigenvalue weighted by Gasteiger charge is -2.50. The Labute approximate surface area is 260 Å². The van der Waals surface area contributed by atoms with Gasteiger partial charge in [0.15, 0.2) is 5.78 Å². The van der Waals surface area contributed by atoms with Gasteiger partial charge in [0.2, 0.25) is 5.95 Å². The van der Waals surface area contributed by atoms with Crippen molar-refractivity contribution in [3.63, 3.8) is 0 Å². The SMILES string of the molecule is CC(=O)c1c(C)c2cnc(Nc3ccc(N4CC5CN(C(=O)OC(C)(C)C)CC(C4)C5(F)F)cn3)nc2n(C2CCCC2)c1=O. The standard InChI is InChI=1S/C32H39F2N7O4/c1-18-24-13-36-29(38-27(24)41(22-8-6-7-9-22)28(43)26(18)19(2)42)37-25-11-10-23(12-35-25)39-14-20-16-40(30(44)45-31(3,4)5)17-21(15-39)32(20,33)34/h10-13,20-22H,6-9,14-17H2,1-5H3,(H,35,36,37,38). The van der Waals surface area contributed by atoms with Gasteiger partial charge in [-0.15, -0.1) is 0 Å². The van der Waals surface area contributed by atoms with Crippen LogP contribution >= 0.6 is 0 Å². The summed E-state index contributed by atoms with van der Waals surface area (Å²) in [6.07, 6.45) is 6.37. The Bertz CT molecular complexity index is 1680. The second-order valence-corrected chi connectivity index (χ2v) is 13.5. The van der Waals surface area contributed by atoms with E-state index >= 15 is 8.78 Å². The van der Waals surface area contributed by atoms with Gasteiger partial charge in [0.05, 0.1) is 29.3 Å². The van der Waals surface area contributed by atoms with Gasteiger partial charge in [0.25, 0.3) is 11.5 Å². The lowest BCUT2D eigenvalue weighted by molar-refractivity contribution is -0.154. The van der Waals surface area contributed by atoms with E-state index in [1.165, 1.54) is 11.8 Å². The molecule has 2 atom stereocenters. The minimum Gasteiger partial charge on any atom is -0.444 e. The first-order valence-corrected chi connectivity index (χ1v) is 15.5. The molecule has 1 N–H and O–H groups in total.